The number of H-pyrrole nitrogens is 1. The van der Waals surface area contributed by atoms with Gasteiger partial charge in [0.05, 0.1) is 23.0 Å². The van der Waals surface area contributed by atoms with Gasteiger partial charge in [0.15, 0.2) is 0 Å². The Morgan fingerprint density at radius 1 is 1.10 bits per heavy atom. The summed E-state index contributed by atoms with van der Waals surface area (Å²) < 4.78 is 0. The van der Waals surface area contributed by atoms with Crippen LogP contribution in [0.2, 0.25) is 0 Å². The summed E-state index contributed by atoms with van der Waals surface area (Å²) in [7, 11) is 0. The van der Waals surface area contributed by atoms with Gasteiger partial charge in [0, 0.05) is 17.1 Å². The van der Waals surface area contributed by atoms with Gasteiger partial charge >= 0.3 is 0 Å². The molecule has 0 aliphatic rings. The van der Waals surface area contributed by atoms with Crippen molar-refractivity contribution in [3.63, 3.8) is 0 Å². The fourth-order valence-corrected chi connectivity index (χ4v) is 3.40. The highest BCUT2D eigenvalue weighted by Crippen LogP contribution is 2.28. The number of hydrogen-bond donors (Lipinski definition) is 2. The highest BCUT2D eigenvalue weighted by molar-refractivity contribution is 5.86. The minimum atomic E-state index is -0.320. The number of rotatable bonds is 5. The summed E-state index contributed by atoms with van der Waals surface area (Å²) >= 11 is 0. The van der Waals surface area contributed by atoms with E-state index in [1.54, 1.807) is 29.4 Å². The van der Waals surface area contributed by atoms with Gasteiger partial charge in [0.25, 0.3) is 5.56 Å². The Bertz CT molecular complexity index is 1300. The predicted octanol–water partition coefficient (Wildman–Crippen LogP) is 3.90. The molecule has 8 heteroatoms. The van der Waals surface area contributed by atoms with Crippen molar-refractivity contribution in [3.05, 3.63) is 76.3 Å². The lowest BCUT2D eigenvalue weighted by molar-refractivity contribution is -0.105. The van der Waals surface area contributed by atoms with Gasteiger partial charge in [0.2, 0.25) is 6.41 Å². The van der Waals surface area contributed by atoms with Crippen molar-refractivity contribution in [1.82, 2.24) is 20.1 Å². The third kappa shape index (κ3) is 3.92. The number of aromatic amines is 1. The normalized spacial score (nSPS) is 11.5. The molecule has 2 aromatic heterocycles. The van der Waals surface area contributed by atoms with E-state index < -0.39 is 0 Å². The van der Waals surface area contributed by atoms with Crippen molar-refractivity contribution < 1.29 is 4.79 Å². The molecule has 4 rings (SSSR count). The molecule has 0 radical (unpaired) electrons. The lowest BCUT2D eigenvalue weighted by atomic mass is 9.87. The summed E-state index contributed by atoms with van der Waals surface area (Å²) in [6.07, 6.45) is 2.21. The van der Waals surface area contributed by atoms with Crippen LogP contribution in [0.25, 0.3) is 10.8 Å². The molecule has 31 heavy (non-hydrogen) atoms. The maximum atomic E-state index is 13.4. The Kier molecular flexibility index (Phi) is 5.06. The first-order valence-corrected chi connectivity index (χ1v) is 9.93. The Morgan fingerprint density at radius 3 is 2.45 bits per heavy atom. The Balaban J connectivity index is 1.90. The second kappa shape index (κ2) is 7.71. The largest absolute Gasteiger partial charge is 0.329 e. The van der Waals surface area contributed by atoms with E-state index in [2.05, 4.69) is 41.4 Å². The molecule has 2 N–H and O–H groups in total. The van der Waals surface area contributed by atoms with E-state index in [1.165, 1.54) is 10.4 Å². The number of carbonyl (C=O) groups is 1. The molecule has 1 amide bonds. The summed E-state index contributed by atoms with van der Waals surface area (Å²) in [6.45, 7) is 8.32. The van der Waals surface area contributed by atoms with Gasteiger partial charge < -0.3 is 5.32 Å². The lowest BCUT2D eigenvalue weighted by Crippen LogP contribution is -2.37. The monoisotopic (exact) mass is 416 g/mol. The molecule has 0 bridgehead atoms. The highest BCUT2D eigenvalue weighted by atomic mass is 16.1. The fraction of sp³-hybridized carbons (Fsp3) is 0.217. The van der Waals surface area contributed by atoms with E-state index in [0.717, 1.165) is 11.4 Å². The molecule has 4 aromatic rings. The van der Waals surface area contributed by atoms with Crippen LogP contribution in [0.3, 0.4) is 0 Å². The van der Waals surface area contributed by atoms with E-state index in [-0.39, 0.29) is 11.0 Å². The van der Waals surface area contributed by atoms with Gasteiger partial charge in [-0.25, -0.2) is 5.01 Å². The molecule has 2 aromatic carbocycles. The number of anilines is 3. The van der Waals surface area contributed by atoms with Crippen molar-refractivity contribution in [1.29, 1.82) is 0 Å². The fourth-order valence-electron chi connectivity index (χ4n) is 3.40. The SMILES string of the molecule is Cc1cc(N(c2ccc(C(C)(C)C)cc2)n2ncc3ccc(NC=O)cc3c2=O)[nH]n1. The van der Waals surface area contributed by atoms with Crippen LogP contribution in [0.4, 0.5) is 17.2 Å². The van der Waals surface area contributed by atoms with Crippen LogP contribution in [0.1, 0.15) is 32.0 Å². The quantitative estimate of drug-likeness (QED) is 0.481. The zero-order valence-electron chi connectivity index (χ0n) is 17.9. The second-order valence-corrected chi connectivity index (χ2v) is 8.41. The number of nitrogens with zero attached hydrogens (tertiary/aromatic N) is 4. The van der Waals surface area contributed by atoms with Crippen molar-refractivity contribution in [2.45, 2.75) is 33.1 Å². The van der Waals surface area contributed by atoms with Crippen LogP contribution < -0.4 is 15.9 Å². The molecule has 0 spiro atoms. The van der Waals surface area contributed by atoms with Crippen molar-refractivity contribution in [2.24, 2.45) is 0 Å². The molecule has 0 fully saturated rings. The van der Waals surface area contributed by atoms with Crippen LogP contribution in [-0.2, 0) is 10.2 Å². The van der Waals surface area contributed by atoms with Gasteiger partial charge in [-0.3, -0.25) is 14.7 Å². The average Bonchev–Trinajstić information content (AvgIpc) is 3.16. The summed E-state index contributed by atoms with van der Waals surface area (Å²) in [6, 6.07) is 15.0. The minimum absolute atomic E-state index is 0.00789. The maximum absolute atomic E-state index is 13.4. The number of fused-ring (bicyclic) bond motifs is 1. The molecule has 0 aliphatic carbocycles. The van der Waals surface area contributed by atoms with Crippen molar-refractivity contribution in [3.8, 4) is 0 Å². The lowest BCUT2D eigenvalue weighted by Gasteiger charge is -2.25. The number of aryl methyl sites for hydroxylation is 1. The van der Waals surface area contributed by atoms with Crippen molar-refractivity contribution in [2.75, 3.05) is 10.3 Å². The van der Waals surface area contributed by atoms with Crippen molar-refractivity contribution >= 4 is 34.4 Å². The predicted molar refractivity (Wildman–Crippen MR) is 122 cm³/mol. The van der Waals surface area contributed by atoms with Crippen LogP contribution in [0, 0.1) is 6.92 Å². The summed E-state index contributed by atoms with van der Waals surface area (Å²) in [4.78, 5) is 25.5. The van der Waals surface area contributed by atoms with Gasteiger partial charge in [-0.1, -0.05) is 39.0 Å². The number of benzene rings is 2. The summed E-state index contributed by atoms with van der Waals surface area (Å²) in [5, 5.41) is 17.0. The molecule has 0 saturated heterocycles. The zero-order valence-corrected chi connectivity index (χ0v) is 17.9. The van der Waals surface area contributed by atoms with Gasteiger partial charge in [-0.2, -0.15) is 10.2 Å². The van der Waals surface area contributed by atoms with Crippen LogP contribution >= 0.6 is 0 Å². The molecule has 2 heterocycles. The van der Waals surface area contributed by atoms with E-state index in [9.17, 15) is 9.59 Å². The smallest absolute Gasteiger partial charge is 0.294 e. The first kappa shape index (κ1) is 20.3. The van der Waals surface area contributed by atoms with Crippen LogP contribution in [-0.4, -0.2) is 26.5 Å². The van der Waals surface area contributed by atoms with E-state index in [1.807, 2.05) is 37.3 Å². The number of carbonyl (C=O) groups excluding carboxylic acids is 1. The number of amides is 1. The topological polar surface area (TPSA) is 95.9 Å². The molecule has 158 valence electrons. The van der Waals surface area contributed by atoms with E-state index in [4.69, 9.17) is 0 Å². The Labute approximate surface area is 179 Å². The van der Waals surface area contributed by atoms with E-state index >= 15 is 0 Å². The Morgan fingerprint density at radius 2 is 1.84 bits per heavy atom. The molecule has 0 unspecified atom stereocenters. The van der Waals surface area contributed by atoms with Gasteiger partial charge in [-0.15, -0.1) is 4.79 Å². The highest BCUT2D eigenvalue weighted by Gasteiger charge is 2.20. The molecular weight excluding hydrogens is 392 g/mol. The van der Waals surface area contributed by atoms with Crippen LogP contribution in [0.5, 0.6) is 0 Å². The maximum Gasteiger partial charge on any atom is 0.294 e. The number of nitrogens with one attached hydrogen (secondary N) is 2. The number of aromatic nitrogens is 4. The zero-order chi connectivity index (χ0) is 22.2. The number of hydrogen-bond acceptors (Lipinski definition) is 5. The molecular formula is C23H24N6O2. The summed E-state index contributed by atoms with van der Waals surface area (Å²) in [5.41, 5.74) is 2.95. The van der Waals surface area contributed by atoms with Gasteiger partial charge in [-0.05, 0) is 42.2 Å². The minimum Gasteiger partial charge on any atom is -0.329 e. The summed E-state index contributed by atoms with van der Waals surface area (Å²) in [5.74, 6) is 0.608. The first-order chi connectivity index (χ1) is 14.8. The average molecular weight is 416 g/mol. The second-order valence-electron chi connectivity index (χ2n) is 8.41. The molecule has 0 atom stereocenters. The van der Waals surface area contributed by atoms with E-state index in [0.29, 0.717) is 28.7 Å². The van der Waals surface area contributed by atoms with Crippen LogP contribution in [0.15, 0.2) is 59.5 Å². The molecule has 0 aliphatic heterocycles. The standard InChI is InChI=1S/C23H24N6O2/c1-15-11-21(27-26-15)28(19-9-6-17(7-10-19)23(2,3)4)29-22(31)20-12-18(24-14-30)8-5-16(20)13-25-29/h5-14H,1-4H3,(H,24,30)(H,26,27). The molecule has 0 saturated carbocycles. The third-order valence-electron chi connectivity index (χ3n) is 5.09. The third-order valence-corrected chi connectivity index (χ3v) is 5.09. The first-order valence-electron chi connectivity index (χ1n) is 9.93. The Hall–Kier alpha value is -3.94. The molecule has 8 nitrogen and oxygen atoms in total. The van der Waals surface area contributed by atoms with Gasteiger partial charge in [0.1, 0.15) is 5.82 Å².